The molecule has 0 unspecified atom stereocenters. The minimum atomic E-state index is -0.593. The molecule has 0 radical (unpaired) electrons. The molecule has 4 atom stereocenters. The van der Waals surface area contributed by atoms with Gasteiger partial charge in [-0.3, -0.25) is 0 Å². The van der Waals surface area contributed by atoms with E-state index in [0.29, 0.717) is 0 Å². The smallest absolute Gasteiger partial charge is 0.0768 e. The molecule has 0 aromatic rings. The first-order chi connectivity index (χ1) is 6.45. The number of rotatable bonds is 1. The van der Waals surface area contributed by atoms with E-state index < -0.39 is 12.2 Å². The molecule has 14 heavy (non-hydrogen) atoms. The first-order valence-electron chi connectivity index (χ1n) is 5.32. The molecule has 1 aliphatic rings. The summed E-state index contributed by atoms with van der Waals surface area (Å²) < 4.78 is 0. The van der Waals surface area contributed by atoms with Crippen LogP contribution in [0.4, 0.5) is 0 Å². The lowest BCUT2D eigenvalue weighted by Gasteiger charge is -2.24. The first kappa shape index (κ1) is 13.8. The molecule has 4 nitrogen and oxygen atoms in total. The Morgan fingerprint density at radius 1 is 0.929 bits per heavy atom. The molecule has 6 N–H and O–H groups in total. The van der Waals surface area contributed by atoms with Gasteiger partial charge in [0, 0.05) is 12.1 Å². The van der Waals surface area contributed by atoms with Crippen LogP contribution in [0.2, 0.25) is 0 Å². The van der Waals surface area contributed by atoms with Crippen molar-refractivity contribution in [1.29, 1.82) is 0 Å². The summed E-state index contributed by atoms with van der Waals surface area (Å²) in [5, 5.41) is 16.8. The topological polar surface area (TPSA) is 92.5 Å². The molecule has 0 heterocycles. The van der Waals surface area contributed by atoms with Crippen LogP contribution in [0.5, 0.6) is 0 Å². The van der Waals surface area contributed by atoms with Crippen molar-refractivity contribution in [2.45, 2.75) is 63.8 Å². The summed E-state index contributed by atoms with van der Waals surface area (Å²) in [6, 6.07) is 0.562. The zero-order chi connectivity index (χ0) is 11.1. The molecule has 1 rings (SSSR count). The van der Waals surface area contributed by atoms with Crippen LogP contribution in [0.15, 0.2) is 0 Å². The van der Waals surface area contributed by atoms with Crippen LogP contribution < -0.4 is 11.5 Å². The number of nitrogens with two attached hydrogens (primary N) is 2. The van der Waals surface area contributed by atoms with E-state index in [9.17, 15) is 0 Å². The van der Waals surface area contributed by atoms with Gasteiger partial charge in [0.2, 0.25) is 0 Å². The van der Waals surface area contributed by atoms with Crippen molar-refractivity contribution in [1.82, 2.24) is 0 Å². The molecule has 0 spiro atoms. The Hall–Kier alpha value is -0.160. The van der Waals surface area contributed by atoms with Gasteiger partial charge in [-0.1, -0.05) is 12.8 Å². The molecule has 0 aliphatic heterocycles. The fraction of sp³-hybridized carbons (Fsp3) is 1.00. The summed E-state index contributed by atoms with van der Waals surface area (Å²) in [4.78, 5) is 0. The number of hydrogen-bond donors (Lipinski definition) is 4. The van der Waals surface area contributed by atoms with Crippen molar-refractivity contribution in [2.75, 3.05) is 0 Å². The number of hydrogen-bond acceptors (Lipinski definition) is 4. The molecule has 1 saturated carbocycles. The monoisotopic (exact) mass is 204 g/mol. The van der Waals surface area contributed by atoms with E-state index in [1.165, 1.54) is 12.8 Å². The minimum absolute atomic E-state index is 0.281. The Morgan fingerprint density at radius 2 is 1.21 bits per heavy atom. The minimum Gasteiger partial charge on any atom is -0.391 e. The molecule has 0 saturated heterocycles. The lowest BCUT2D eigenvalue weighted by atomic mass is 9.92. The predicted molar refractivity (Wildman–Crippen MR) is 57.8 cm³/mol. The highest BCUT2D eigenvalue weighted by atomic mass is 16.3. The van der Waals surface area contributed by atoms with Crippen molar-refractivity contribution >= 4 is 0 Å². The molecule has 0 aromatic heterocycles. The van der Waals surface area contributed by atoms with Crippen LogP contribution in [0.25, 0.3) is 0 Å². The van der Waals surface area contributed by atoms with E-state index in [4.69, 9.17) is 21.7 Å². The van der Waals surface area contributed by atoms with Crippen LogP contribution in [-0.4, -0.2) is 34.5 Å². The maximum Gasteiger partial charge on any atom is 0.0768 e. The highest BCUT2D eigenvalue weighted by Gasteiger charge is 2.16. The SMILES string of the molecule is C[C@@H](O)[C@@H](C)O.N[C@@H]1CCCC[C@H]1N. The van der Waals surface area contributed by atoms with Crippen molar-refractivity contribution in [2.24, 2.45) is 11.5 Å². The van der Waals surface area contributed by atoms with Crippen molar-refractivity contribution < 1.29 is 10.2 Å². The maximum absolute atomic E-state index is 8.38. The van der Waals surface area contributed by atoms with Crippen LogP contribution >= 0.6 is 0 Å². The predicted octanol–water partition coefficient (Wildman–Crippen LogP) is -0.0370. The van der Waals surface area contributed by atoms with Gasteiger partial charge < -0.3 is 21.7 Å². The third kappa shape index (κ3) is 6.32. The number of aliphatic hydroxyl groups is 2. The molecule has 4 heteroatoms. The standard InChI is InChI=1S/C6H14N2.C4H10O2/c7-5-3-1-2-4-6(5)8;1-3(5)4(2)6/h5-6H,1-4,7-8H2;3-6H,1-2H3/t5-,6-;3-,4-/m11/s1. The normalized spacial score (nSPS) is 31.3. The summed E-state index contributed by atoms with van der Waals surface area (Å²) in [7, 11) is 0. The zero-order valence-corrected chi connectivity index (χ0v) is 9.19. The van der Waals surface area contributed by atoms with Gasteiger partial charge in [-0.2, -0.15) is 0 Å². The van der Waals surface area contributed by atoms with E-state index >= 15 is 0 Å². The van der Waals surface area contributed by atoms with Crippen molar-refractivity contribution in [3.05, 3.63) is 0 Å². The van der Waals surface area contributed by atoms with E-state index in [1.54, 1.807) is 13.8 Å². The molecular weight excluding hydrogens is 180 g/mol. The highest BCUT2D eigenvalue weighted by molar-refractivity contribution is 4.79. The van der Waals surface area contributed by atoms with E-state index in [0.717, 1.165) is 12.8 Å². The van der Waals surface area contributed by atoms with Crippen molar-refractivity contribution in [3.63, 3.8) is 0 Å². The van der Waals surface area contributed by atoms with Crippen molar-refractivity contribution in [3.8, 4) is 0 Å². The maximum atomic E-state index is 8.38. The molecule has 1 aliphatic carbocycles. The third-order valence-corrected chi connectivity index (χ3v) is 2.57. The van der Waals surface area contributed by atoms with Gasteiger partial charge in [0.05, 0.1) is 12.2 Å². The van der Waals surface area contributed by atoms with Crippen LogP contribution in [-0.2, 0) is 0 Å². The summed E-state index contributed by atoms with van der Waals surface area (Å²) in [6.45, 7) is 3.09. The van der Waals surface area contributed by atoms with Gasteiger partial charge in [0.15, 0.2) is 0 Å². The average molecular weight is 204 g/mol. The van der Waals surface area contributed by atoms with Gasteiger partial charge >= 0.3 is 0 Å². The number of aliphatic hydroxyl groups excluding tert-OH is 2. The van der Waals surface area contributed by atoms with Crippen LogP contribution in [0, 0.1) is 0 Å². The zero-order valence-electron chi connectivity index (χ0n) is 9.19. The summed E-state index contributed by atoms with van der Waals surface area (Å²) in [6.07, 6.45) is 3.61. The van der Waals surface area contributed by atoms with E-state index in [1.807, 2.05) is 0 Å². The Bertz CT molecular complexity index is 124. The summed E-state index contributed by atoms with van der Waals surface area (Å²) in [5.41, 5.74) is 11.3. The molecule has 0 bridgehead atoms. The van der Waals surface area contributed by atoms with E-state index in [-0.39, 0.29) is 12.1 Å². The Morgan fingerprint density at radius 3 is 1.36 bits per heavy atom. The molecule has 0 aromatic carbocycles. The second kappa shape index (κ2) is 7.17. The lowest BCUT2D eigenvalue weighted by molar-refractivity contribution is 0.0438. The van der Waals surface area contributed by atoms with Gasteiger partial charge in [-0.15, -0.1) is 0 Å². The van der Waals surface area contributed by atoms with Gasteiger partial charge in [0.25, 0.3) is 0 Å². The fourth-order valence-corrected chi connectivity index (χ4v) is 1.19. The second-order valence-corrected chi connectivity index (χ2v) is 4.09. The summed E-state index contributed by atoms with van der Waals surface area (Å²) in [5.74, 6) is 0. The average Bonchev–Trinajstić information content (AvgIpc) is 2.11. The Labute approximate surface area is 86.3 Å². The van der Waals surface area contributed by atoms with Crippen LogP contribution in [0.3, 0.4) is 0 Å². The quantitative estimate of drug-likeness (QED) is 0.482. The fourth-order valence-electron chi connectivity index (χ4n) is 1.19. The largest absolute Gasteiger partial charge is 0.391 e. The van der Waals surface area contributed by atoms with Crippen LogP contribution in [0.1, 0.15) is 39.5 Å². The summed E-state index contributed by atoms with van der Waals surface area (Å²) >= 11 is 0. The Kier molecular flexibility index (Phi) is 7.09. The van der Waals surface area contributed by atoms with E-state index in [2.05, 4.69) is 0 Å². The molecule has 0 amide bonds. The molecular formula is C10H24N2O2. The van der Waals surface area contributed by atoms with Gasteiger partial charge in [0.1, 0.15) is 0 Å². The van der Waals surface area contributed by atoms with Gasteiger partial charge in [-0.05, 0) is 26.7 Å². The third-order valence-electron chi connectivity index (χ3n) is 2.57. The first-order valence-corrected chi connectivity index (χ1v) is 5.32. The second-order valence-electron chi connectivity index (χ2n) is 4.09. The highest BCUT2D eigenvalue weighted by Crippen LogP contribution is 2.14. The Balaban J connectivity index is 0.000000255. The molecule has 1 fully saturated rings. The van der Waals surface area contributed by atoms with Gasteiger partial charge in [-0.25, -0.2) is 0 Å². The molecule has 86 valence electrons. The lowest BCUT2D eigenvalue weighted by Crippen LogP contribution is -2.43.